The second kappa shape index (κ2) is 3.34. The molecular formula is C15H14N2. The van der Waals surface area contributed by atoms with E-state index in [9.17, 15) is 0 Å². The lowest BCUT2D eigenvalue weighted by atomic mass is 10.0. The van der Waals surface area contributed by atoms with Gasteiger partial charge in [-0.3, -0.25) is 0 Å². The number of fused-ring (bicyclic) bond motifs is 2. The molecule has 0 fully saturated rings. The molecule has 1 aromatic heterocycles. The number of hydrogen-bond acceptors (Lipinski definition) is 1. The average molecular weight is 222 g/mol. The number of benzene rings is 1. The van der Waals surface area contributed by atoms with Crippen LogP contribution in [0.5, 0.6) is 0 Å². The van der Waals surface area contributed by atoms with Gasteiger partial charge in [0, 0.05) is 12.7 Å². The number of nitrogens with zero attached hydrogens (tertiary/aromatic N) is 1. The van der Waals surface area contributed by atoms with Gasteiger partial charge in [0.25, 0.3) is 0 Å². The third-order valence-corrected chi connectivity index (χ3v) is 3.78. The zero-order chi connectivity index (χ0) is 11.2. The fraction of sp³-hybridized carbons (Fsp3) is 0.200. The summed E-state index contributed by atoms with van der Waals surface area (Å²) in [7, 11) is 0. The summed E-state index contributed by atoms with van der Waals surface area (Å²) in [4.78, 5) is 0. The number of allylic oxidation sites excluding steroid dienone is 2. The quantitative estimate of drug-likeness (QED) is 0.725. The minimum atomic E-state index is 0.404. The van der Waals surface area contributed by atoms with E-state index in [1.807, 2.05) is 0 Å². The Morgan fingerprint density at radius 3 is 3.06 bits per heavy atom. The van der Waals surface area contributed by atoms with Crippen LogP contribution in [-0.4, -0.2) is 10.6 Å². The van der Waals surface area contributed by atoms with Crippen LogP contribution in [-0.2, 0) is 6.54 Å². The summed E-state index contributed by atoms with van der Waals surface area (Å²) in [6.45, 7) is 0.945. The lowest BCUT2D eigenvalue weighted by Gasteiger charge is -2.24. The van der Waals surface area contributed by atoms with Gasteiger partial charge < -0.3 is 9.88 Å². The second-order valence-electron chi connectivity index (χ2n) is 4.75. The van der Waals surface area contributed by atoms with E-state index in [1.165, 1.54) is 16.5 Å². The Balaban J connectivity index is 2.02. The summed E-state index contributed by atoms with van der Waals surface area (Å²) < 4.78 is 2.40. The molecule has 1 aliphatic heterocycles. The van der Waals surface area contributed by atoms with Crippen LogP contribution in [0.25, 0.3) is 10.9 Å². The van der Waals surface area contributed by atoms with E-state index in [1.54, 1.807) is 0 Å². The molecular weight excluding hydrogens is 208 g/mol. The Hall–Kier alpha value is -1.80. The molecule has 17 heavy (non-hydrogen) atoms. The van der Waals surface area contributed by atoms with Gasteiger partial charge in [-0.2, -0.15) is 0 Å². The highest BCUT2D eigenvalue weighted by atomic mass is 15.1. The first-order chi connectivity index (χ1) is 8.43. The fourth-order valence-electron chi connectivity index (χ4n) is 2.96. The van der Waals surface area contributed by atoms with Crippen LogP contribution in [0.15, 0.2) is 54.8 Å². The highest BCUT2D eigenvalue weighted by molar-refractivity contribution is 5.84. The van der Waals surface area contributed by atoms with Crippen LogP contribution in [0.2, 0.25) is 0 Å². The van der Waals surface area contributed by atoms with E-state index >= 15 is 0 Å². The van der Waals surface area contributed by atoms with Crippen molar-refractivity contribution in [3.8, 4) is 0 Å². The Kier molecular flexibility index (Phi) is 1.82. The van der Waals surface area contributed by atoms with Gasteiger partial charge in [-0.05, 0) is 17.0 Å². The number of rotatable bonds is 0. The molecule has 2 aliphatic rings. The zero-order valence-corrected chi connectivity index (χ0v) is 9.51. The first-order valence-corrected chi connectivity index (χ1v) is 6.10. The molecule has 1 aromatic carbocycles. The molecule has 2 atom stereocenters. The van der Waals surface area contributed by atoms with Crippen LogP contribution in [0, 0.1) is 0 Å². The van der Waals surface area contributed by atoms with Crippen molar-refractivity contribution >= 4 is 10.9 Å². The summed E-state index contributed by atoms with van der Waals surface area (Å²) >= 11 is 0. The molecule has 0 saturated heterocycles. The van der Waals surface area contributed by atoms with E-state index in [0.29, 0.717) is 12.1 Å². The van der Waals surface area contributed by atoms with Gasteiger partial charge in [0.05, 0.1) is 17.6 Å². The van der Waals surface area contributed by atoms with Gasteiger partial charge in [-0.1, -0.05) is 42.5 Å². The first kappa shape index (κ1) is 9.25. The van der Waals surface area contributed by atoms with E-state index in [2.05, 4.69) is 64.7 Å². The standard InChI is InChI=1S/C15H14N2/c1-2-7-14-13(6-1)16-10-12-5-3-4-11-8-9-17(14)15(11)12/h1-9,13-14,16H,10H2. The van der Waals surface area contributed by atoms with Crippen molar-refractivity contribution in [2.75, 3.05) is 0 Å². The summed E-state index contributed by atoms with van der Waals surface area (Å²) in [5.41, 5.74) is 2.77. The van der Waals surface area contributed by atoms with Gasteiger partial charge in [0.15, 0.2) is 0 Å². The molecule has 2 heteroatoms. The molecule has 0 saturated carbocycles. The van der Waals surface area contributed by atoms with Crippen LogP contribution < -0.4 is 5.32 Å². The Bertz CT molecular complexity index is 633. The normalized spacial score (nSPS) is 25.9. The molecule has 2 aromatic rings. The number of nitrogens with one attached hydrogen (secondary N) is 1. The topological polar surface area (TPSA) is 17.0 Å². The summed E-state index contributed by atoms with van der Waals surface area (Å²) in [6, 6.07) is 9.58. The van der Waals surface area contributed by atoms with Gasteiger partial charge in [-0.25, -0.2) is 0 Å². The Labute approximate surface area is 100 Å². The van der Waals surface area contributed by atoms with Crippen LogP contribution >= 0.6 is 0 Å². The van der Waals surface area contributed by atoms with E-state index in [4.69, 9.17) is 0 Å². The van der Waals surface area contributed by atoms with E-state index in [0.717, 1.165) is 6.54 Å². The molecule has 0 spiro atoms. The SMILES string of the molecule is C1=CC2NCc3cccc4ccn(c34)C2C=C1. The smallest absolute Gasteiger partial charge is 0.0709 e. The highest BCUT2D eigenvalue weighted by Gasteiger charge is 2.24. The van der Waals surface area contributed by atoms with Gasteiger partial charge in [0.1, 0.15) is 0 Å². The minimum Gasteiger partial charge on any atom is -0.338 e. The molecule has 0 radical (unpaired) electrons. The summed E-state index contributed by atoms with van der Waals surface area (Å²) in [5.74, 6) is 0. The van der Waals surface area contributed by atoms with Gasteiger partial charge in [-0.15, -0.1) is 0 Å². The molecule has 0 amide bonds. The van der Waals surface area contributed by atoms with Crippen molar-refractivity contribution in [2.45, 2.75) is 18.6 Å². The largest absolute Gasteiger partial charge is 0.338 e. The number of hydrogen-bond donors (Lipinski definition) is 1. The van der Waals surface area contributed by atoms with Crippen LogP contribution in [0.3, 0.4) is 0 Å². The van der Waals surface area contributed by atoms with E-state index < -0.39 is 0 Å². The van der Waals surface area contributed by atoms with Crippen molar-refractivity contribution in [2.24, 2.45) is 0 Å². The van der Waals surface area contributed by atoms with Crippen molar-refractivity contribution in [1.82, 2.24) is 9.88 Å². The average Bonchev–Trinajstić information content (AvgIpc) is 2.73. The first-order valence-electron chi connectivity index (χ1n) is 6.10. The maximum Gasteiger partial charge on any atom is 0.0709 e. The Morgan fingerprint density at radius 1 is 1.12 bits per heavy atom. The molecule has 0 bridgehead atoms. The van der Waals surface area contributed by atoms with E-state index in [-0.39, 0.29) is 0 Å². The molecule has 84 valence electrons. The minimum absolute atomic E-state index is 0.404. The summed E-state index contributed by atoms with van der Waals surface area (Å²) in [5, 5.41) is 4.96. The molecule has 4 rings (SSSR count). The third-order valence-electron chi connectivity index (χ3n) is 3.78. The molecule has 1 N–H and O–H groups in total. The van der Waals surface area contributed by atoms with Gasteiger partial charge in [0.2, 0.25) is 0 Å². The number of para-hydroxylation sites is 1. The maximum atomic E-state index is 3.62. The number of aromatic nitrogens is 1. The van der Waals surface area contributed by atoms with Crippen molar-refractivity contribution in [3.63, 3.8) is 0 Å². The maximum absolute atomic E-state index is 3.62. The monoisotopic (exact) mass is 222 g/mol. The lowest BCUT2D eigenvalue weighted by Crippen LogP contribution is -2.33. The van der Waals surface area contributed by atoms with Gasteiger partial charge >= 0.3 is 0 Å². The van der Waals surface area contributed by atoms with Crippen molar-refractivity contribution in [3.05, 3.63) is 60.3 Å². The highest BCUT2D eigenvalue weighted by Crippen LogP contribution is 2.30. The zero-order valence-electron chi connectivity index (χ0n) is 9.51. The molecule has 2 heterocycles. The fourth-order valence-corrected chi connectivity index (χ4v) is 2.96. The molecule has 2 nitrogen and oxygen atoms in total. The van der Waals surface area contributed by atoms with Crippen molar-refractivity contribution in [1.29, 1.82) is 0 Å². The van der Waals surface area contributed by atoms with Crippen molar-refractivity contribution < 1.29 is 0 Å². The molecule has 2 unspecified atom stereocenters. The van der Waals surface area contributed by atoms with Crippen LogP contribution in [0.1, 0.15) is 11.6 Å². The predicted molar refractivity (Wildman–Crippen MR) is 69.9 cm³/mol. The third kappa shape index (κ3) is 1.25. The summed E-state index contributed by atoms with van der Waals surface area (Å²) in [6.07, 6.45) is 11.0. The lowest BCUT2D eigenvalue weighted by molar-refractivity contribution is 0.477. The predicted octanol–water partition coefficient (Wildman–Crippen LogP) is 2.78. The van der Waals surface area contributed by atoms with Crippen LogP contribution in [0.4, 0.5) is 0 Å². The second-order valence-corrected chi connectivity index (χ2v) is 4.75. The molecule has 1 aliphatic carbocycles. The Morgan fingerprint density at radius 2 is 2.06 bits per heavy atom.